The molecule has 0 bridgehead atoms. The summed E-state index contributed by atoms with van der Waals surface area (Å²) in [5.41, 5.74) is 1.24. The minimum absolute atomic E-state index is 0.871. The Bertz CT molecular complexity index is 454. The number of ether oxygens (including phenoxy) is 1. The average Bonchev–Trinajstić information content (AvgIpc) is 2.92. The Kier molecular flexibility index (Phi) is 4.78. The highest BCUT2D eigenvalue weighted by Crippen LogP contribution is 2.11. The number of nitrogens with one attached hydrogen (secondary N) is 1. The van der Waals surface area contributed by atoms with Crippen molar-refractivity contribution in [3.05, 3.63) is 48.3 Å². The van der Waals surface area contributed by atoms with Crippen LogP contribution in [0.3, 0.4) is 0 Å². The topological polar surface area (TPSA) is 39.1 Å². The molecule has 4 heteroatoms. The number of nitrogens with zero attached hydrogens (tertiary/aromatic N) is 2. The number of aryl methyl sites for hydroxylation is 1. The van der Waals surface area contributed by atoms with Crippen LogP contribution in [0.25, 0.3) is 0 Å². The van der Waals surface area contributed by atoms with E-state index in [1.165, 1.54) is 5.56 Å². The third-order valence-corrected chi connectivity index (χ3v) is 2.76. The van der Waals surface area contributed by atoms with Gasteiger partial charge in [-0.05, 0) is 36.7 Å². The minimum atomic E-state index is 0.871. The summed E-state index contributed by atoms with van der Waals surface area (Å²) in [5, 5.41) is 7.59. The lowest BCUT2D eigenvalue weighted by atomic mass is 10.2. The van der Waals surface area contributed by atoms with E-state index in [1.807, 2.05) is 35.3 Å². The van der Waals surface area contributed by atoms with Gasteiger partial charge in [-0.1, -0.05) is 12.1 Å². The van der Waals surface area contributed by atoms with Gasteiger partial charge < -0.3 is 10.1 Å². The summed E-state index contributed by atoms with van der Waals surface area (Å²) < 4.78 is 7.14. The Hall–Kier alpha value is -1.81. The van der Waals surface area contributed by atoms with Crippen LogP contribution in [0.5, 0.6) is 5.75 Å². The van der Waals surface area contributed by atoms with Gasteiger partial charge in [-0.15, -0.1) is 0 Å². The fourth-order valence-corrected chi connectivity index (χ4v) is 1.81. The van der Waals surface area contributed by atoms with Gasteiger partial charge in [-0.2, -0.15) is 5.10 Å². The van der Waals surface area contributed by atoms with Gasteiger partial charge in [0.15, 0.2) is 0 Å². The fourth-order valence-electron chi connectivity index (χ4n) is 1.81. The Morgan fingerprint density at radius 2 is 2.28 bits per heavy atom. The molecule has 0 aliphatic heterocycles. The Labute approximate surface area is 108 Å². The zero-order chi connectivity index (χ0) is 12.6. The first-order valence-electron chi connectivity index (χ1n) is 6.19. The predicted octanol–water partition coefficient (Wildman–Crippen LogP) is 2.07. The molecule has 0 aliphatic rings. The van der Waals surface area contributed by atoms with Gasteiger partial charge in [-0.3, -0.25) is 4.68 Å². The lowest BCUT2D eigenvalue weighted by molar-refractivity contribution is 0.414. The number of aromatic nitrogens is 2. The van der Waals surface area contributed by atoms with Crippen molar-refractivity contribution in [1.82, 2.24) is 15.1 Å². The smallest absolute Gasteiger partial charge is 0.119 e. The van der Waals surface area contributed by atoms with Gasteiger partial charge in [0.05, 0.1) is 7.11 Å². The predicted molar refractivity (Wildman–Crippen MR) is 71.5 cm³/mol. The molecule has 0 fully saturated rings. The van der Waals surface area contributed by atoms with Crippen molar-refractivity contribution in [3.8, 4) is 5.75 Å². The van der Waals surface area contributed by atoms with Crippen molar-refractivity contribution in [1.29, 1.82) is 0 Å². The van der Waals surface area contributed by atoms with E-state index < -0.39 is 0 Å². The van der Waals surface area contributed by atoms with Crippen molar-refractivity contribution >= 4 is 0 Å². The standard InChI is InChI=1S/C14H19N3O/c1-18-14-6-2-5-13(11-14)12-15-7-3-9-17-10-4-8-16-17/h2,4-6,8,10-11,15H,3,7,9,12H2,1H3. The molecule has 0 saturated heterocycles. The summed E-state index contributed by atoms with van der Waals surface area (Å²) in [4.78, 5) is 0. The van der Waals surface area contributed by atoms with Crippen molar-refractivity contribution in [2.45, 2.75) is 19.5 Å². The molecule has 0 spiro atoms. The van der Waals surface area contributed by atoms with Gasteiger partial charge >= 0.3 is 0 Å². The zero-order valence-corrected chi connectivity index (χ0v) is 10.7. The van der Waals surface area contributed by atoms with Crippen LogP contribution < -0.4 is 10.1 Å². The molecule has 0 radical (unpaired) electrons. The summed E-state index contributed by atoms with van der Waals surface area (Å²) in [6, 6.07) is 10.1. The molecule has 2 rings (SSSR count). The van der Waals surface area contributed by atoms with Crippen LogP contribution in [0.4, 0.5) is 0 Å². The zero-order valence-electron chi connectivity index (χ0n) is 10.7. The van der Waals surface area contributed by atoms with Crippen molar-refractivity contribution < 1.29 is 4.74 Å². The quantitative estimate of drug-likeness (QED) is 0.759. The van der Waals surface area contributed by atoms with Crippen molar-refractivity contribution in [2.24, 2.45) is 0 Å². The molecule has 1 aromatic heterocycles. The third kappa shape index (κ3) is 3.89. The van der Waals surface area contributed by atoms with E-state index in [0.717, 1.165) is 31.8 Å². The molecule has 4 nitrogen and oxygen atoms in total. The van der Waals surface area contributed by atoms with E-state index in [9.17, 15) is 0 Å². The summed E-state index contributed by atoms with van der Waals surface area (Å²) in [6.45, 7) is 2.81. The van der Waals surface area contributed by atoms with E-state index >= 15 is 0 Å². The van der Waals surface area contributed by atoms with Crippen molar-refractivity contribution in [2.75, 3.05) is 13.7 Å². The van der Waals surface area contributed by atoms with E-state index in [2.05, 4.69) is 22.5 Å². The number of hydrogen-bond donors (Lipinski definition) is 1. The van der Waals surface area contributed by atoms with Crippen molar-refractivity contribution in [3.63, 3.8) is 0 Å². The Morgan fingerprint density at radius 3 is 3.06 bits per heavy atom. The Balaban J connectivity index is 1.65. The summed E-state index contributed by atoms with van der Waals surface area (Å²) in [5.74, 6) is 0.908. The second kappa shape index (κ2) is 6.81. The highest BCUT2D eigenvalue weighted by atomic mass is 16.5. The number of benzene rings is 1. The average molecular weight is 245 g/mol. The monoisotopic (exact) mass is 245 g/mol. The molecule has 0 amide bonds. The molecule has 1 aromatic carbocycles. The first-order valence-corrected chi connectivity index (χ1v) is 6.19. The van der Waals surface area contributed by atoms with Crippen LogP contribution in [0, 0.1) is 0 Å². The van der Waals surface area contributed by atoms with Gasteiger partial charge in [-0.25, -0.2) is 0 Å². The number of hydrogen-bond acceptors (Lipinski definition) is 3. The summed E-state index contributed by atoms with van der Waals surface area (Å²) in [7, 11) is 1.69. The van der Waals surface area contributed by atoms with Gasteiger partial charge in [0, 0.05) is 25.5 Å². The molecular formula is C14H19N3O. The summed E-state index contributed by atoms with van der Waals surface area (Å²) >= 11 is 0. The molecule has 0 saturated carbocycles. The third-order valence-electron chi connectivity index (χ3n) is 2.76. The second-order valence-electron chi connectivity index (χ2n) is 4.15. The lowest BCUT2D eigenvalue weighted by Gasteiger charge is -2.06. The van der Waals surface area contributed by atoms with Gasteiger partial charge in [0.25, 0.3) is 0 Å². The number of rotatable bonds is 7. The molecule has 0 aliphatic carbocycles. The van der Waals surface area contributed by atoms with E-state index in [1.54, 1.807) is 7.11 Å². The maximum absolute atomic E-state index is 5.19. The lowest BCUT2D eigenvalue weighted by Crippen LogP contribution is -2.16. The van der Waals surface area contributed by atoms with E-state index in [4.69, 9.17) is 4.74 Å². The normalized spacial score (nSPS) is 10.5. The van der Waals surface area contributed by atoms with Gasteiger partial charge in [0.2, 0.25) is 0 Å². The van der Waals surface area contributed by atoms with Crippen LogP contribution >= 0.6 is 0 Å². The largest absolute Gasteiger partial charge is 0.497 e. The van der Waals surface area contributed by atoms with E-state index in [0.29, 0.717) is 0 Å². The maximum atomic E-state index is 5.19. The molecule has 2 aromatic rings. The fraction of sp³-hybridized carbons (Fsp3) is 0.357. The molecule has 0 unspecified atom stereocenters. The maximum Gasteiger partial charge on any atom is 0.119 e. The molecule has 1 heterocycles. The summed E-state index contributed by atoms with van der Waals surface area (Å²) in [6.07, 6.45) is 4.87. The highest BCUT2D eigenvalue weighted by molar-refractivity contribution is 5.28. The molecule has 18 heavy (non-hydrogen) atoms. The highest BCUT2D eigenvalue weighted by Gasteiger charge is 1.96. The van der Waals surface area contributed by atoms with Crippen LogP contribution in [-0.4, -0.2) is 23.4 Å². The number of methoxy groups -OCH3 is 1. The first kappa shape index (κ1) is 12.6. The SMILES string of the molecule is COc1cccc(CNCCCn2cccn2)c1. The second-order valence-corrected chi connectivity index (χ2v) is 4.15. The molecule has 96 valence electrons. The van der Waals surface area contributed by atoms with Crippen LogP contribution in [0.1, 0.15) is 12.0 Å². The Morgan fingerprint density at radius 1 is 1.33 bits per heavy atom. The van der Waals surface area contributed by atoms with Crippen LogP contribution in [-0.2, 0) is 13.1 Å². The van der Waals surface area contributed by atoms with Crippen LogP contribution in [0.15, 0.2) is 42.7 Å². The molecular weight excluding hydrogens is 226 g/mol. The first-order chi connectivity index (χ1) is 8.88. The molecule has 0 atom stereocenters. The van der Waals surface area contributed by atoms with Gasteiger partial charge in [0.1, 0.15) is 5.75 Å². The minimum Gasteiger partial charge on any atom is -0.497 e. The van der Waals surface area contributed by atoms with E-state index in [-0.39, 0.29) is 0 Å². The van der Waals surface area contributed by atoms with Crippen LogP contribution in [0.2, 0.25) is 0 Å². The molecule has 1 N–H and O–H groups in total.